The maximum absolute atomic E-state index is 12.9. The number of amides is 2. The number of aromatic nitrogens is 2. The van der Waals surface area contributed by atoms with Crippen molar-refractivity contribution in [1.29, 1.82) is 0 Å². The quantitative estimate of drug-likeness (QED) is 0.566. The summed E-state index contributed by atoms with van der Waals surface area (Å²) < 4.78 is 10.2. The van der Waals surface area contributed by atoms with E-state index >= 15 is 0 Å². The number of likely N-dealkylation sites (tertiary alicyclic amines) is 1. The molecule has 2 aromatic rings. The van der Waals surface area contributed by atoms with Crippen LogP contribution in [0.5, 0.6) is 0 Å². The van der Waals surface area contributed by atoms with E-state index in [0.717, 1.165) is 39.0 Å². The summed E-state index contributed by atoms with van der Waals surface area (Å²) in [5, 5.41) is 7.03. The molecule has 0 aromatic carbocycles. The molecule has 2 aliphatic heterocycles. The molecule has 4 heterocycles. The number of methoxy groups -OCH3 is 1. The Hall–Kier alpha value is -2.62. The van der Waals surface area contributed by atoms with Gasteiger partial charge in [-0.1, -0.05) is 23.2 Å². The van der Waals surface area contributed by atoms with E-state index in [2.05, 4.69) is 20.6 Å². The van der Waals surface area contributed by atoms with Crippen LogP contribution in [-0.4, -0.2) is 66.8 Å². The zero-order valence-electron chi connectivity index (χ0n) is 19.6. The largest absolute Gasteiger partial charge is 0.453 e. The van der Waals surface area contributed by atoms with Gasteiger partial charge in [0.1, 0.15) is 11.6 Å². The van der Waals surface area contributed by atoms with Crippen molar-refractivity contribution in [2.45, 2.75) is 25.7 Å². The Balaban J connectivity index is 1.47. The molecule has 2 fully saturated rings. The fourth-order valence-corrected chi connectivity index (χ4v) is 4.73. The number of rotatable bonds is 6. The normalized spacial score (nSPS) is 18.7. The van der Waals surface area contributed by atoms with Crippen LogP contribution in [0.15, 0.2) is 24.4 Å². The molecular weight excluding hydrogens is 493 g/mol. The van der Waals surface area contributed by atoms with Crippen LogP contribution in [0.4, 0.5) is 16.4 Å². The van der Waals surface area contributed by atoms with Gasteiger partial charge in [-0.25, -0.2) is 14.8 Å². The van der Waals surface area contributed by atoms with Crippen LogP contribution < -0.4 is 10.6 Å². The molecule has 11 heteroatoms. The number of pyridine rings is 2. The van der Waals surface area contributed by atoms with E-state index in [1.54, 1.807) is 12.1 Å². The number of hydrogen-bond donors (Lipinski definition) is 2. The van der Waals surface area contributed by atoms with Gasteiger partial charge in [-0.3, -0.25) is 4.79 Å². The number of nitrogens with one attached hydrogen (secondary N) is 2. The Bertz CT molecular complexity index is 1060. The Kier molecular flexibility index (Phi) is 8.64. The first-order valence-electron chi connectivity index (χ1n) is 11.7. The third-order valence-electron chi connectivity index (χ3n) is 6.35. The maximum Gasteiger partial charge on any atom is 0.409 e. The summed E-state index contributed by atoms with van der Waals surface area (Å²) in [6, 6.07) is 5.27. The Morgan fingerprint density at radius 1 is 1.17 bits per heavy atom. The summed E-state index contributed by atoms with van der Waals surface area (Å²) in [6.07, 6.45) is 4.47. The SMILES string of the molecule is COC(=O)N1CCC[C@H](C(=O)Nc2cc(-c3nc(NCC4CCOCC4)ccc3Cl)c(Cl)cn2)C1. The Labute approximate surface area is 214 Å². The zero-order chi connectivity index (χ0) is 24.8. The number of anilines is 2. The van der Waals surface area contributed by atoms with Crippen molar-refractivity contribution in [2.75, 3.05) is 50.6 Å². The summed E-state index contributed by atoms with van der Waals surface area (Å²) in [4.78, 5) is 35.2. The molecule has 0 aliphatic carbocycles. The summed E-state index contributed by atoms with van der Waals surface area (Å²) in [7, 11) is 1.33. The average Bonchev–Trinajstić information content (AvgIpc) is 2.89. The molecule has 2 aromatic heterocycles. The van der Waals surface area contributed by atoms with Gasteiger partial charge in [0, 0.05) is 44.6 Å². The predicted octanol–water partition coefficient (Wildman–Crippen LogP) is 4.71. The number of ether oxygens (including phenoxy) is 2. The number of nitrogens with zero attached hydrogens (tertiary/aromatic N) is 3. The van der Waals surface area contributed by atoms with Gasteiger partial charge in [-0.05, 0) is 49.8 Å². The molecule has 2 N–H and O–H groups in total. The van der Waals surface area contributed by atoms with E-state index in [1.807, 2.05) is 6.07 Å². The summed E-state index contributed by atoms with van der Waals surface area (Å²) in [5.41, 5.74) is 1.07. The summed E-state index contributed by atoms with van der Waals surface area (Å²) >= 11 is 12.9. The number of piperidine rings is 1. The number of halogens is 2. The molecule has 0 radical (unpaired) electrons. The first-order valence-corrected chi connectivity index (χ1v) is 12.5. The fourth-order valence-electron chi connectivity index (χ4n) is 4.33. The van der Waals surface area contributed by atoms with Crippen molar-refractivity contribution in [2.24, 2.45) is 11.8 Å². The molecule has 1 atom stereocenters. The summed E-state index contributed by atoms with van der Waals surface area (Å²) in [6.45, 7) is 3.24. The molecule has 9 nitrogen and oxygen atoms in total. The van der Waals surface area contributed by atoms with Gasteiger partial charge in [0.2, 0.25) is 5.91 Å². The number of hydrogen-bond acceptors (Lipinski definition) is 7. The minimum atomic E-state index is -0.430. The van der Waals surface area contributed by atoms with Gasteiger partial charge < -0.3 is 25.0 Å². The first-order chi connectivity index (χ1) is 16.9. The highest BCUT2D eigenvalue weighted by Gasteiger charge is 2.29. The van der Waals surface area contributed by atoms with Crippen LogP contribution in [0, 0.1) is 11.8 Å². The van der Waals surface area contributed by atoms with E-state index in [1.165, 1.54) is 18.2 Å². The third-order valence-corrected chi connectivity index (χ3v) is 6.95. The second-order valence-corrected chi connectivity index (χ2v) is 9.57. The minimum Gasteiger partial charge on any atom is -0.453 e. The second-order valence-electron chi connectivity index (χ2n) is 8.76. The molecule has 35 heavy (non-hydrogen) atoms. The van der Waals surface area contributed by atoms with E-state index in [0.29, 0.717) is 58.4 Å². The van der Waals surface area contributed by atoms with Crippen LogP contribution in [0.25, 0.3) is 11.3 Å². The lowest BCUT2D eigenvalue weighted by atomic mass is 9.97. The van der Waals surface area contributed by atoms with Gasteiger partial charge in [0.05, 0.1) is 28.8 Å². The van der Waals surface area contributed by atoms with Gasteiger partial charge in [-0.15, -0.1) is 0 Å². The number of carbonyl (C=O) groups excluding carboxylic acids is 2. The van der Waals surface area contributed by atoms with E-state index < -0.39 is 6.09 Å². The van der Waals surface area contributed by atoms with Crippen molar-refractivity contribution in [1.82, 2.24) is 14.9 Å². The van der Waals surface area contributed by atoms with Gasteiger partial charge in [-0.2, -0.15) is 0 Å². The second kappa shape index (κ2) is 11.9. The predicted molar refractivity (Wildman–Crippen MR) is 135 cm³/mol. The molecule has 2 amide bonds. The van der Waals surface area contributed by atoms with Crippen LogP contribution in [-0.2, 0) is 14.3 Å². The standard InChI is InChI=1S/C24H29Cl2N5O4/c1-34-24(33)31-8-2-3-16(14-31)23(32)30-21-11-17(19(26)13-28-21)22-18(25)4-5-20(29-22)27-12-15-6-9-35-10-7-15/h4-5,11,13,15-16H,2-3,6-10,12,14H2,1H3,(H,27,29)(H,28,30,32)/t16-/m0/s1. The van der Waals surface area contributed by atoms with Gasteiger partial charge >= 0.3 is 6.09 Å². The molecular formula is C24H29Cl2N5O4. The lowest BCUT2D eigenvalue weighted by Gasteiger charge is -2.30. The minimum absolute atomic E-state index is 0.217. The fraction of sp³-hybridized carbons (Fsp3) is 0.500. The van der Waals surface area contributed by atoms with Crippen molar-refractivity contribution in [3.05, 3.63) is 34.4 Å². The molecule has 2 aliphatic rings. The van der Waals surface area contributed by atoms with Gasteiger partial charge in [0.25, 0.3) is 0 Å². The average molecular weight is 522 g/mol. The van der Waals surface area contributed by atoms with Crippen LogP contribution >= 0.6 is 23.2 Å². The van der Waals surface area contributed by atoms with Crippen molar-refractivity contribution >= 4 is 46.8 Å². The van der Waals surface area contributed by atoms with E-state index in [4.69, 9.17) is 32.7 Å². The van der Waals surface area contributed by atoms with E-state index in [-0.39, 0.29) is 11.8 Å². The Morgan fingerprint density at radius 3 is 2.74 bits per heavy atom. The molecule has 0 saturated carbocycles. The van der Waals surface area contributed by atoms with E-state index in [9.17, 15) is 9.59 Å². The maximum atomic E-state index is 12.9. The third kappa shape index (κ3) is 6.54. The lowest BCUT2D eigenvalue weighted by molar-refractivity contribution is -0.121. The van der Waals surface area contributed by atoms with Crippen LogP contribution in [0.1, 0.15) is 25.7 Å². The highest BCUT2D eigenvalue weighted by atomic mass is 35.5. The monoisotopic (exact) mass is 521 g/mol. The van der Waals surface area contributed by atoms with Crippen LogP contribution in [0.3, 0.4) is 0 Å². The number of carbonyl (C=O) groups is 2. The first kappa shape index (κ1) is 25.5. The van der Waals surface area contributed by atoms with Gasteiger partial charge in [0.15, 0.2) is 0 Å². The molecule has 2 saturated heterocycles. The molecule has 0 spiro atoms. The molecule has 4 rings (SSSR count). The zero-order valence-corrected chi connectivity index (χ0v) is 21.1. The van der Waals surface area contributed by atoms with Crippen molar-refractivity contribution in [3.8, 4) is 11.3 Å². The molecule has 188 valence electrons. The highest BCUT2D eigenvalue weighted by molar-refractivity contribution is 6.36. The highest BCUT2D eigenvalue weighted by Crippen LogP contribution is 2.34. The lowest BCUT2D eigenvalue weighted by Crippen LogP contribution is -2.43. The Morgan fingerprint density at radius 2 is 1.97 bits per heavy atom. The van der Waals surface area contributed by atoms with Crippen molar-refractivity contribution in [3.63, 3.8) is 0 Å². The smallest absolute Gasteiger partial charge is 0.409 e. The summed E-state index contributed by atoms with van der Waals surface area (Å²) in [5.74, 6) is 0.988. The van der Waals surface area contributed by atoms with Crippen LogP contribution in [0.2, 0.25) is 10.0 Å². The topological polar surface area (TPSA) is 106 Å². The molecule has 0 unspecified atom stereocenters. The molecule has 0 bridgehead atoms. The van der Waals surface area contributed by atoms with Crippen molar-refractivity contribution < 1.29 is 19.1 Å².